The van der Waals surface area contributed by atoms with Crippen LogP contribution in [0.5, 0.6) is 0 Å². The number of halogens is 1. The molecule has 0 spiro atoms. The fraction of sp³-hybridized carbons (Fsp3) is 0.649. The summed E-state index contributed by atoms with van der Waals surface area (Å²) in [6.45, 7) is 24.4. The standard InChI is InChI=1S/C27H43N3O6S2.C25H39N3O6S2.C24H35N3O6S2.CH3I.H2O2.2H2/c1-8-18-13-21(31)20(15-38-7)28-26(34)23(16(2)3)29-22(32)14-19(11-9-10-12-37-6)36-27(35)24(17(4)5)30-25(18)33;1-6-16-11-19(29)18(13-36)26-24(32)21(14(2)3)27-20(30)12-17(9-7-8-10-35)34-25(33)22(15(4)5)28-23(16)31;1-5-15-11-19(28)18-13-35-34-10-8-7-9-16(12-20(29)25-17(6-2)23(31)26-18)33-24(32)21(14(3)4)27-22(15)30;2*1-2;;/h8-9,11,16-17,19-20,23-24H,10,12-15H2,1-7H3,(H,28,34)(H,29,32)(H,30,33);6-7,9,14-15,17-18,21-22,35-36H,8,10-13H2,1-5H3,(H,26,32)(H,27,30)(H,28,31);5,7,9,14,16-18,21H,6,8,10-13H2,1-4H3,(H,25,29)(H,26,31)(H,27,30);1H3;1-2H;2*1H/b11-9+,18-8+;9-7+,16-6+;9-7+,15-5+;;;;/i;;;;;1+2D;1+2. The monoisotopic (exact) mass is 1820 g/mol. The quantitative estimate of drug-likeness (QED) is 0.00593. The number of thioether (sulfide) groups is 2. The number of allylic oxidation sites excluding steroid dienone is 6. The molecule has 29 nitrogen and oxygen atoms in total. The van der Waals surface area contributed by atoms with E-state index >= 15 is 0 Å². The number of esters is 3. The highest BCUT2D eigenvalue weighted by Gasteiger charge is 2.38. The van der Waals surface area contributed by atoms with Gasteiger partial charge in [0.05, 0.1) is 37.4 Å². The van der Waals surface area contributed by atoms with Gasteiger partial charge in [-0.1, -0.05) is 157 Å². The number of carbonyl (C=O) groups is 15. The van der Waals surface area contributed by atoms with Crippen LogP contribution in [0.1, 0.15) is 166 Å². The van der Waals surface area contributed by atoms with Crippen molar-refractivity contribution < 1.29 is 101 Å². The highest BCUT2D eigenvalue weighted by atomic mass is 127. The summed E-state index contributed by atoms with van der Waals surface area (Å²) in [7, 11) is 3.01. The molecule has 0 aromatic rings. The van der Waals surface area contributed by atoms with E-state index in [1.54, 1.807) is 144 Å². The molecule has 36 heteroatoms. The average molecular weight is 1820 g/mol. The van der Waals surface area contributed by atoms with E-state index in [1.165, 1.54) is 40.8 Å². The lowest BCUT2D eigenvalue weighted by Crippen LogP contribution is -2.55. The summed E-state index contributed by atoms with van der Waals surface area (Å²) in [5.74, 6) is -6.35. The van der Waals surface area contributed by atoms with Gasteiger partial charge in [0, 0.05) is 63.4 Å². The Morgan fingerprint density at radius 3 is 1.33 bits per heavy atom. The van der Waals surface area contributed by atoms with Crippen LogP contribution in [0, 0.1) is 29.6 Å². The van der Waals surface area contributed by atoms with E-state index in [0.29, 0.717) is 36.5 Å². The lowest BCUT2D eigenvalue weighted by atomic mass is 9.99. The van der Waals surface area contributed by atoms with Gasteiger partial charge in [-0.15, -0.1) is 0 Å². The maximum absolute atomic E-state index is 13.2. The largest absolute Gasteiger partial charge is 0.456 e. The van der Waals surface area contributed by atoms with Crippen molar-refractivity contribution >= 4 is 181 Å². The van der Waals surface area contributed by atoms with E-state index in [-0.39, 0.29) is 104 Å². The molecule has 0 aromatic carbocycles. The van der Waals surface area contributed by atoms with E-state index in [2.05, 4.69) is 95.7 Å². The van der Waals surface area contributed by atoms with Gasteiger partial charge in [-0.05, 0) is 123 Å². The van der Waals surface area contributed by atoms with E-state index < -0.39 is 150 Å². The molecule has 4 aliphatic heterocycles. The minimum atomic E-state index is -0.997. The molecule has 642 valence electrons. The fourth-order valence-corrected chi connectivity index (χ4v) is 14.4. The highest BCUT2D eigenvalue weighted by molar-refractivity contribution is 14.1. The van der Waals surface area contributed by atoms with Crippen molar-refractivity contribution in [3.8, 4) is 0 Å². The number of ether oxygens (including phenoxy) is 3. The second-order valence-electron chi connectivity index (χ2n) is 27.9. The van der Waals surface area contributed by atoms with Crippen molar-refractivity contribution in [2.75, 3.05) is 52.0 Å². The van der Waals surface area contributed by atoms with Crippen molar-refractivity contribution in [1.82, 2.24) is 47.9 Å². The van der Waals surface area contributed by atoms with Crippen LogP contribution in [-0.4, -0.2) is 224 Å². The molecule has 113 heavy (non-hydrogen) atoms. The van der Waals surface area contributed by atoms with Gasteiger partial charge in [-0.3, -0.25) is 68.0 Å². The third-order valence-electron chi connectivity index (χ3n) is 17.3. The van der Waals surface area contributed by atoms with Gasteiger partial charge in [-0.2, -0.15) is 48.8 Å². The van der Waals surface area contributed by atoms with Gasteiger partial charge < -0.3 is 62.1 Å². The molecule has 0 saturated carbocycles. The molecule has 12 unspecified atom stereocenters. The Morgan fingerprint density at radius 2 is 0.929 bits per heavy atom. The van der Waals surface area contributed by atoms with Crippen LogP contribution < -0.4 is 47.9 Å². The molecule has 3 saturated heterocycles. The summed E-state index contributed by atoms with van der Waals surface area (Å²) in [6, 6.07) is -8.23. The van der Waals surface area contributed by atoms with Crippen LogP contribution in [0.15, 0.2) is 71.4 Å². The fourth-order valence-electron chi connectivity index (χ4n) is 10.8. The number of hydrogen-bond acceptors (Lipinski definition) is 26. The van der Waals surface area contributed by atoms with Crippen molar-refractivity contribution in [1.29, 1.82) is 0 Å². The number of amides is 9. The van der Waals surface area contributed by atoms with Gasteiger partial charge in [0.15, 0.2) is 17.3 Å². The summed E-state index contributed by atoms with van der Waals surface area (Å²) in [6.07, 6.45) is 17.2. The normalized spacial score (nSPS) is 26.8. The molecule has 4 aliphatic rings. The Morgan fingerprint density at radius 1 is 0.522 bits per heavy atom. The van der Waals surface area contributed by atoms with E-state index in [9.17, 15) is 71.9 Å². The first-order valence-electron chi connectivity index (χ1n) is 38.4. The molecule has 12 atom stereocenters. The van der Waals surface area contributed by atoms with E-state index in [4.69, 9.17) is 27.7 Å². The lowest BCUT2D eigenvalue weighted by Gasteiger charge is -2.27. The Bertz CT molecular complexity index is 3350. The molecule has 2 bridgehead atoms. The van der Waals surface area contributed by atoms with Gasteiger partial charge in [0.2, 0.25) is 53.2 Å². The molecule has 9 amide bonds. The van der Waals surface area contributed by atoms with Crippen molar-refractivity contribution in [2.45, 2.75) is 234 Å². The number of ketones is 3. The third kappa shape index (κ3) is 40.5. The Balaban J connectivity index is -0.00000159. The smallest absolute Gasteiger partial charge is 0.329 e. The molecular formula is C77H126IN9O20S6. The maximum Gasteiger partial charge on any atom is 0.329 e. The first kappa shape index (κ1) is 105. The zero-order valence-corrected chi connectivity index (χ0v) is 75.2. The topological polar surface area (TPSA) is 432 Å². The predicted molar refractivity (Wildman–Crippen MR) is 466 cm³/mol. The third-order valence-corrected chi connectivity index (χ3v) is 21.7. The zero-order valence-electron chi connectivity index (χ0n) is 70.0. The summed E-state index contributed by atoms with van der Waals surface area (Å²) in [4.78, 5) is 197. The van der Waals surface area contributed by atoms with E-state index in [0.717, 1.165) is 17.9 Å². The van der Waals surface area contributed by atoms with Crippen LogP contribution in [0.3, 0.4) is 0 Å². The molecule has 11 N–H and O–H groups in total. The van der Waals surface area contributed by atoms with Crippen LogP contribution in [-0.2, 0) is 86.1 Å². The predicted octanol–water partition coefficient (Wildman–Crippen LogP) is 8.06. The van der Waals surface area contributed by atoms with Crippen LogP contribution in [0.25, 0.3) is 0 Å². The number of nitrogens with one attached hydrogen (secondary N) is 9. The van der Waals surface area contributed by atoms with Crippen LogP contribution in [0.4, 0.5) is 0 Å². The number of alkyl halides is 1. The van der Waals surface area contributed by atoms with Gasteiger partial charge in [0.25, 0.3) is 0 Å². The summed E-state index contributed by atoms with van der Waals surface area (Å²) >= 11 is 13.6. The van der Waals surface area contributed by atoms with Gasteiger partial charge >= 0.3 is 17.9 Å². The summed E-state index contributed by atoms with van der Waals surface area (Å²) < 4.78 is 26.9. The second-order valence-corrected chi connectivity index (χ2v) is 33.2. The molecule has 4 rings (SSSR count). The molecule has 3 fully saturated rings. The van der Waals surface area contributed by atoms with Crippen molar-refractivity contribution in [2.24, 2.45) is 29.6 Å². The van der Waals surface area contributed by atoms with Gasteiger partial charge in [-0.25, -0.2) is 14.4 Å². The zero-order chi connectivity index (χ0) is 88.2. The number of Topliss-reactive ketones (excluding diaryl/α,β-unsaturated/α-hetero) is 3. The average Bonchev–Trinajstić information content (AvgIpc) is 0.929. The lowest BCUT2D eigenvalue weighted by molar-refractivity contribution is -0.176. The molecular weight excluding hydrogens is 1690 g/mol. The minimum Gasteiger partial charge on any atom is -0.456 e. The van der Waals surface area contributed by atoms with E-state index in [1.807, 2.05) is 29.6 Å². The minimum absolute atomic E-state index is 0. The van der Waals surface area contributed by atoms with Crippen molar-refractivity contribution in [3.05, 3.63) is 71.4 Å². The maximum atomic E-state index is 13.2. The van der Waals surface area contributed by atoms with Crippen LogP contribution >= 0.6 is 93.0 Å². The Hall–Kier alpha value is -6.16. The Labute approximate surface area is 712 Å². The van der Waals surface area contributed by atoms with Crippen molar-refractivity contribution in [3.63, 3.8) is 0 Å². The summed E-state index contributed by atoms with van der Waals surface area (Å²) in [5.41, 5.74) is 0.562. The molecule has 0 aliphatic carbocycles. The number of hydrogen-bond donors (Lipinski definition) is 13. The Kier molecular flexibility index (Phi) is 55.2. The molecule has 4 heterocycles. The van der Waals surface area contributed by atoms with Crippen LogP contribution in [0.2, 0.25) is 0 Å². The molecule has 0 radical (unpaired) electrons. The number of thiol groups is 2. The number of fused-ring (bicyclic) bond motifs is 7. The SMILES string of the molecule is C/C=C1\CC(=O)C(CS)NC(=O)C(C(C)C)NC(=O)CC(/C=C/CCS)OC(=O)C(C(C)C)NC1=O.C/C=C1\CC(=O)C(CSC)NC(=O)C(C(C)C)NC(=O)CC(/C=C/CCSC)OC(=O)C(C(C)C)NC1=O.C/C=C1\CC(=O)C2CSSCC/C=C/C(CC(=O)NC(CC)C(=O)N2)OC(=O)C(C(C)C)NC1=O.CI.OO.[2H][3H].[3HH]. The molecule has 0 aromatic heterocycles. The second kappa shape index (κ2) is 59.5. The highest BCUT2D eigenvalue weighted by Crippen LogP contribution is 2.26. The first-order chi connectivity index (χ1) is 54.5. The number of carbonyl (C=O) groups excluding carboxylic acids is 15. The van der Waals surface area contributed by atoms with Gasteiger partial charge in [0.1, 0.15) is 54.6 Å². The first-order valence-corrected chi connectivity index (χ1v) is 46.1. The summed E-state index contributed by atoms with van der Waals surface area (Å²) in [5, 5.41) is 36.4. The number of cyclic esters (lactones) is 2. The number of rotatable bonds is 16.